The molecule has 1 aromatic heterocycles. The standard InChI is InChI=1S/C21H30N4O4/c1-4-28-19-13-16(9-10-18(19)27-3)7-5-11-23-21(22-2)25-15-20(26)24-14-17-8-6-12-29-17/h6,8-10,12-13H,4-5,7,11,14-15H2,1-3H3,(H,24,26)(H2,22,23,25). The van der Waals surface area contributed by atoms with Crippen LogP contribution >= 0.6 is 0 Å². The normalized spacial score (nSPS) is 11.1. The maximum absolute atomic E-state index is 11.9. The Bertz CT molecular complexity index is 775. The average Bonchev–Trinajstić information content (AvgIpc) is 3.26. The van der Waals surface area contributed by atoms with Crippen LogP contribution in [0, 0.1) is 0 Å². The summed E-state index contributed by atoms with van der Waals surface area (Å²) in [6.45, 7) is 3.77. The Kier molecular flexibility index (Phi) is 9.41. The number of amides is 1. The van der Waals surface area contributed by atoms with E-state index in [2.05, 4.69) is 20.9 Å². The molecular formula is C21H30N4O4. The molecule has 2 aromatic rings. The molecule has 2 rings (SSSR count). The lowest BCUT2D eigenvalue weighted by Crippen LogP contribution is -2.43. The largest absolute Gasteiger partial charge is 0.493 e. The maximum Gasteiger partial charge on any atom is 0.239 e. The van der Waals surface area contributed by atoms with Crippen molar-refractivity contribution in [2.75, 3.05) is 33.9 Å². The maximum atomic E-state index is 11.9. The monoisotopic (exact) mass is 402 g/mol. The summed E-state index contributed by atoms with van der Waals surface area (Å²) in [5.41, 5.74) is 1.18. The number of nitrogens with zero attached hydrogens (tertiary/aromatic N) is 1. The highest BCUT2D eigenvalue weighted by atomic mass is 16.5. The van der Waals surface area contributed by atoms with Crippen molar-refractivity contribution in [1.29, 1.82) is 0 Å². The first-order valence-electron chi connectivity index (χ1n) is 9.69. The third kappa shape index (κ3) is 7.77. The Hall–Kier alpha value is -3.16. The van der Waals surface area contributed by atoms with Crippen LogP contribution in [0.1, 0.15) is 24.7 Å². The molecule has 0 saturated heterocycles. The van der Waals surface area contributed by atoms with Gasteiger partial charge in [0.1, 0.15) is 5.76 Å². The van der Waals surface area contributed by atoms with Crippen molar-refractivity contribution in [3.63, 3.8) is 0 Å². The summed E-state index contributed by atoms with van der Waals surface area (Å²) in [5.74, 6) is 2.67. The second-order valence-electron chi connectivity index (χ2n) is 6.23. The van der Waals surface area contributed by atoms with Gasteiger partial charge in [-0.3, -0.25) is 9.79 Å². The third-order valence-electron chi connectivity index (χ3n) is 4.14. The molecule has 1 heterocycles. The van der Waals surface area contributed by atoms with Crippen molar-refractivity contribution in [3.8, 4) is 11.5 Å². The van der Waals surface area contributed by atoms with Gasteiger partial charge in [0.25, 0.3) is 0 Å². The SMILES string of the molecule is CCOc1cc(CCCNC(=NC)NCC(=O)NCc2ccco2)ccc1OC. The fourth-order valence-corrected chi connectivity index (χ4v) is 2.69. The van der Waals surface area contributed by atoms with Gasteiger partial charge in [-0.15, -0.1) is 0 Å². The Labute approximate surface area is 171 Å². The zero-order chi connectivity index (χ0) is 20.9. The smallest absolute Gasteiger partial charge is 0.239 e. The van der Waals surface area contributed by atoms with Crippen molar-refractivity contribution in [1.82, 2.24) is 16.0 Å². The summed E-state index contributed by atoms with van der Waals surface area (Å²) < 4.78 is 16.1. The van der Waals surface area contributed by atoms with Gasteiger partial charge in [-0.25, -0.2) is 0 Å². The highest BCUT2D eigenvalue weighted by Gasteiger charge is 2.07. The Morgan fingerprint density at radius 1 is 1.17 bits per heavy atom. The van der Waals surface area contributed by atoms with E-state index >= 15 is 0 Å². The average molecular weight is 402 g/mol. The second-order valence-corrected chi connectivity index (χ2v) is 6.23. The molecule has 0 atom stereocenters. The Balaban J connectivity index is 1.67. The van der Waals surface area contributed by atoms with Gasteiger partial charge >= 0.3 is 0 Å². The summed E-state index contributed by atoms with van der Waals surface area (Å²) >= 11 is 0. The summed E-state index contributed by atoms with van der Waals surface area (Å²) in [5, 5.41) is 8.99. The van der Waals surface area contributed by atoms with Crippen LogP contribution in [-0.4, -0.2) is 45.7 Å². The van der Waals surface area contributed by atoms with Gasteiger partial charge in [0.2, 0.25) is 5.91 Å². The van der Waals surface area contributed by atoms with Gasteiger partial charge in [0.05, 0.1) is 33.1 Å². The van der Waals surface area contributed by atoms with Gasteiger partial charge in [-0.05, 0) is 49.6 Å². The van der Waals surface area contributed by atoms with Crippen molar-refractivity contribution < 1.29 is 18.7 Å². The van der Waals surface area contributed by atoms with E-state index < -0.39 is 0 Å². The molecule has 1 amide bonds. The quantitative estimate of drug-likeness (QED) is 0.303. The van der Waals surface area contributed by atoms with Crippen LogP contribution in [0.5, 0.6) is 11.5 Å². The lowest BCUT2D eigenvalue weighted by Gasteiger charge is -2.13. The predicted octanol–water partition coefficient (Wildman–Crippen LogP) is 2.10. The zero-order valence-electron chi connectivity index (χ0n) is 17.3. The number of rotatable bonds is 11. The summed E-state index contributed by atoms with van der Waals surface area (Å²) in [4.78, 5) is 16.0. The van der Waals surface area contributed by atoms with Gasteiger partial charge in [0, 0.05) is 13.6 Å². The first-order chi connectivity index (χ1) is 14.2. The van der Waals surface area contributed by atoms with Crippen LogP contribution in [0.25, 0.3) is 0 Å². The van der Waals surface area contributed by atoms with E-state index in [9.17, 15) is 4.79 Å². The van der Waals surface area contributed by atoms with E-state index in [4.69, 9.17) is 13.9 Å². The lowest BCUT2D eigenvalue weighted by atomic mass is 10.1. The van der Waals surface area contributed by atoms with E-state index in [0.717, 1.165) is 30.9 Å². The molecule has 29 heavy (non-hydrogen) atoms. The van der Waals surface area contributed by atoms with Crippen LogP contribution in [0.3, 0.4) is 0 Å². The predicted molar refractivity (Wildman–Crippen MR) is 112 cm³/mol. The molecule has 3 N–H and O–H groups in total. The van der Waals surface area contributed by atoms with Gasteiger partial charge in [-0.1, -0.05) is 6.07 Å². The summed E-state index contributed by atoms with van der Waals surface area (Å²) in [6, 6.07) is 9.58. The molecule has 0 radical (unpaired) electrons. The minimum absolute atomic E-state index is 0.133. The Morgan fingerprint density at radius 2 is 2.03 bits per heavy atom. The highest BCUT2D eigenvalue weighted by molar-refractivity contribution is 5.86. The van der Waals surface area contributed by atoms with E-state index in [1.54, 1.807) is 26.5 Å². The second kappa shape index (κ2) is 12.3. The fourth-order valence-electron chi connectivity index (χ4n) is 2.69. The molecule has 0 fully saturated rings. The molecule has 0 saturated carbocycles. The molecule has 0 bridgehead atoms. The van der Waals surface area contributed by atoms with Gasteiger partial charge in [0.15, 0.2) is 17.5 Å². The van der Waals surface area contributed by atoms with Crippen LogP contribution < -0.4 is 25.4 Å². The number of nitrogens with one attached hydrogen (secondary N) is 3. The molecule has 0 aliphatic rings. The van der Waals surface area contributed by atoms with Crippen molar-refractivity contribution in [3.05, 3.63) is 47.9 Å². The van der Waals surface area contributed by atoms with E-state index in [1.807, 2.05) is 31.2 Å². The summed E-state index contributed by atoms with van der Waals surface area (Å²) in [7, 11) is 3.31. The van der Waals surface area contributed by atoms with E-state index in [0.29, 0.717) is 24.9 Å². The molecule has 0 aliphatic heterocycles. The molecule has 158 valence electrons. The number of hydrogen-bond acceptors (Lipinski definition) is 5. The summed E-state index contributed by atoms with van der Waals surface area (Å²) in [6.07, 6.45) is 3.37. The number of aliphatic imine (C=N–C) groups is 1. The van der Waals surface area contributed by atoms with Crippen LogP contribution in [0.2, 0.25) is 0 Å². The van der Waals surface area contributed by atoms with Crippen molar-refractivity contribution in [2.24, 2.45) is 4.99 Å². The molecule has 1 aromatic carbocycles. The fraction of sp³-hybridized carbons (Fsp3) is 0.429. The Morgan fingerprint density at radius 3 is 2.72 bits per heavy atom. The molecule has 0 unspecified atom stereocenters. The number of furan rings is 1. The first kappa shape index (κ1) is 22.1. The van der Waals surface area contributed by atoms with Crippen LogP contribution in [0.15, 0.2) is 46.0 Å². The van der Waals surface area contributed by atoms with Gasteiger partial charge < -0.3 is 29.8 Å². The first-order valence-corrected chi connectivity index (χ1v) is 9.69. The van der Waals surface area contributed by atoms with E-state index in [-0.39, 0.29) is 12.5 Å². The number of methoxy groups -OCH3 is 1. The third-order valence-corrected chi connectivity index (χ3v) is 4.14. The number of aryl methyl sites for hydroxylation is 1. The molecule has 0 aliphatic carbocycles. The lowest BCUT2D eigenvalue weighted by molar-refractivity contribution is -0.120. The topological polar surface area (TPSA) is 97.1 Å². The highest BCUT2D eigenvalue weighted by Crippen LogP contribution is 2.28. The number of hydrogen-bond donors (Lipinski definition) is 3. The van der Waals surface area contributed by atoms with E-state index in [1.165, 1.54) is 5.56 Å². The number of guanidine groups is 1. The number of ether oxygens (including phenoxy) is 2. The molecule has 8 heteroatoms. The molecule has 8 nitrogen and oxygen atoms in total. The number of carbonyl (C=O) groups is 1. The number of benzene rings is 1. The number of carbonyl (C=O) groups excluding carboxylic acids is 1. The van der Waals surface area contributed by atoms with Crippen molar-refractivity contribution in [2.45, 2.75) is 26.3 Å². The zero-order valence-corrected chi connectivity index (χ0v) is 17.3. The molecular weight excluding hydrogens is 372 g/mol. The van der Waals surface area contributed by atoms with Crippen LogP contribution in [-0.2, 0) is 17.8 Å². The van der Waals surface area contributed by atoms with Gasteiger partial charge in [-0.2, -0.15) is 0 Å². The van der Waals surface area contributed by atoms with Crippen LogP contribution in [0.4, 0.5) is 0 Å². The molecule has 0 spiro atoms. The van der Waals surface area contributed by atoms with Crippen molar-refractivity contribution >= 4 is 11.9 Å². The minimum Gasteiger partial charge on any atom is -0.493 e. The minimum atomic E-state index is -0.133.